The molecule has 1 aromatic rings. The monoisotopic (exact) mass is 333 g/mol. The van der Waals surface area contributed by atoms with Crippen molar-refractivity contribution in [3.05, 3.63) is 52.7 Å². The van der Waals surface area contributed by atoms with Gasteiger partial charge in [0.2, 0.25) is 5.91 Å². The van der Waals surface area contributed by atoms with Gasteiger partial charge < -0.3 is 10.4 Å². The average molecular weight is 334 g/mol. The number of hydrogen-bond acceptors (Lipinski definition) is 2. The molecule has 2 rings (SSSR count). The zero-order valence-corrected chi connectivity index (χ0v) is 13.6. The van der Waals surface area contributed by atoms with Crippen molar-refractivity contribution >= 4 is 29.6 Å². The smallest absolute Gasteiger partial charge is 0.352 e. The number of halogens is 1. The SMILES string of the molecule is O=C(O)C(=CC(Cl)=Cc1ccccc1)NC(=O)C1CCCCC1. The van der Waals surface area contributed by atoms with Crippen LogP contribution in [0, 0.1) is 5.92 Å². The van der Waals surface area contributed by atoms with E-state index in [1.54, 1.807) is 6.08 Å². The number of allylic oxidation sites excluding steroid dienone is 2. The summed E-state index contributed by atoms with van der Waals surface area (Å²) in [4.78, 5) is 23.5. The Morgan fingerprint density at radius 3 is 2.39 bits per heavy atom. The predicted molar refractivity (Wildman–Crippen MR) is 90.7 cm³/mol. The van der Waals surface area contributed by atoms with E-state index >= 15 is 0 Å². The number of carbonyl (C=O) groups is 2. The fraction of sp³-hybridized carbons (Fsp3) is 0.333. The highest BCUT2D eigenvalue weighted by Gasteiger charge is 2.23. The molecular formula is C18H20ClNO3. The van der Waals surface area contributed by atoms with Gasteiger partial charge in [-0.3, -0.25) is 4.79 Å². The summed E-state index contributed by atoms with van der Waals surface area (Å²) in [5.74, 6) is -1.54. The van der Waals surface area contributed by atoms with Crippen molar-refractivity contribution in [1.29, 1.82) is 0 Å². The molecule has 0 aromatic heterocycles. The van der Waals surface area contributed by atoms with Gasteiger partial charge in [-0.2, -0.15) is 0 Å². The Bertz CT molecular complexity index is 616. The fourth-order valence-corrected chi connectivity index (χ4v) is 2.87. The summed E-state index contributed by atoms with van der Waals surface area (Å²) < 4.78 is 0. The Labute approximate surface area is 140 Å². The third-order valence-electron chi connectivity index (χ3n) is 3.85. The van der Waals surface area contributed by atoms with Gasteiger partial charge >= 0.3 is 5.97 Å². The number of rotatable bonds is 5. The molecule has 1 aliphatic rings. The van der Waals surface area contributed by atoms with Crippen LogP contribution in [0.5, 0.6) is 0 Å². The number of carboxylic acids is 1. The minimum Gasteiger partial charge on any atom is -0.477 e. The van der Waals surface area contributed by atoms with E-state index in [1.807, 2.05) is 30.3 Å². The molecule has 1 aliphatic carbocycles. The van der Waals surface area contributed by atoms with E-state index in [0.29, 0.717) is 0 Å². The molecule has 1 amide bonds. The zero-order chi connectivity index (χ0) is 16.7. The van der Waals surface area contributed by atoms with E-state index in [2.05, 4.69) is 5.32 Å². The molecule has 5 heteroatoms. The van der Waals surface area contributed by atoms with Gasteiger partial charge in [-0.25, -0.2) is 4.79 Å². The Hall–Kier alpha value is -2.07. The number of hydrogen-bond donors (Lipinski definition) is 2. The average Bonchev–Trinajstić information content (AvgIpc) is 2.55. The van der Waals surface area contributed by atoms with E-state index in [1.165, 1.54) is 6.08 Å². The number of amides is 1. The first-order valence-corrected chi connectivity index (χ1v) is 8.12. The lowest BCUT2D eigenvalue weighted by atomic mass is 9.88. The third-order valence-corrected chi connectivity index (χ3v) is 4.07. The Kier molecular flexibility index (Phi) is 6.41. The third kappa shape index (κ3) is 5.57. The molecule has 122 valence electrons. The quantitative estimate of drug-likeness (QED) is 0.633. The van der Waals surface area contributed by atoms with Crippen LogP contribution in [-0.4, -0.2) is 17.0 Å². The zero-order valence-electron chi connectivity index (χ0n) is 12.8. The van der Waals surface area contributed by atoms with Crippen molar-refractivity contribution < 1.29 is 14.7 Å². The van der Waals surface area contributed by atoms with Crippen LogP contribution in [0.2, 0.25) is 0 Å². The van der Waals surface area contributed by atoms with Gasteiger partial charge in [0.05, 0.1) is 0 Å². The van der Waals surface area contributed by atoms with Gasteiger partial charge in [0.15, 0.2) is 0 Å². The van der Waals surface area contributed by atoms with Crippen molar-refractivity contribution in [2.24, 2.45) is 5.92 Å². The first kappa shape index (κ1) is 17.3. The minimum atomic E-state index is -1.20. The van der Waals surface area contributed by atoms with Gasteiger partial charge in [0.25, 0.3) is 0 Å². The summed E-state index contributed by atoms with van der Waals surface area (Å²) in [5.41, 5.74) is 0.662. The molecule has 2 N–H and O–H groups in total. The van der Waals surface area contributed by atoms with Crippen molar-refractivity contribution in [1.82, 2.24) is 5.32 Å². The molecule has 0 atom stereocenters. The molecule has 1 aromatic carbocycles. The largest absolute Gasteiger partial charge is 0.477 e. The molecule has 0 aliphatic heterocycles. The highest BCUT2D eigenvalue weighted by molar-refractivity contribution is 6.33. The first-order valence-electron chi connectivity index (χ1n) is 7.74. The maximum Gasteiger partial charge on any atom is 0.352 e. The number of carbonyl (C=O) groups excluding carboxylic acids is 1. The maximum atomic E-state index is 12.2. The molecule has 0 unspecified atom stereocenters. The molecular weight excluding hydrogens is 314 g/mol. The summed E-state index contributed by atoms with van der Waals surface area (Å²) in [6.45, 7) is 0. The molecule has 1 saturated carbocycles. The van der Waals surface area contributed by atoms with Crippen LogP contribution in [0.15, 0.2) is 47.1 Å². The Balaban J connectivity index is 2.09. The Morgan fingerprint density at radius 1 is 1.13 bits per heavy atom. The summed E-state index contributed by atoms with van der Waals surface area (Å²) in [6.07, 6.45) is 7.71. The standard InChI is InChI=1S/C18H20ClNO3/c19-15(11-13-7-3-1-4-8-13)12-16(18(22)23)20-17(21)14-9-5-2-6-10-14/h1,3-4,7-8,11-12,14H,2,5-6,9-10H2,(H,20,21)(H,22,23). The lowest BCUT2D eigenvalue weighted by molar-refractivity contribution is -0.135. The molecule has 0 saturated heterocycles. The summed E-state index contributed by atoms with van der Waals surface area (Å²) in [6, 6.07) is 9.33. The molecule has 23 heavy (non-hydrogen) atoms. The summed E-state index contributed by atoms with van der Waals surface area (Å²) in [7, 11) is 0. The molecule has 0 bridgehead atoms. The summed E-state index contributed by atoms with van der Waals surface area (Å²) in [5, 5.41) is 12.0. The normalized spacial score (nSPS) is 16.9. The second kappa shape index (κ2) is 8.53. The van der Waals surface area contributed by atoms with Gasteiger partial charge in [0, 0.05) is 11.0 Å². The van der Waals surface area contributed by atoms with E-state index in [-0.39, 0.29) is 22.6 Å². The van der Waals surface area contributed by atoms with Crippen LogP contribution in [0.1, 0.15) is 37.7 Å². The number of carboxylic acid groups (broad SMARTS) is 1. The number of benzene rings is 1. The lowest BCUT2D eigenvalue weighted by Crippen LogP contribution is -2.34. The van der Waals surface area contributed by atoms with Crippen molar-refractivity contribution in [3.8, 4) is 0 Å². The van der Waals surface area contributed by atoms with Crippen LogP contribution in [0.25, 0.3) is 6.08 Å². The Morgan fingerprint density at radius 2 is 1.78 bits per heavy atom. The molecule has 4 nitrogen and oxygen atoms in total. The van der Waals surface area contributed by atoms with Gasteiger partial charge in [-0.1, -0.05) is 61.2 Å². The van der Waals surface area contributed by atoms with E-state index < -0.39 is 5.97 Å². The predicted octanol–water partition coefficient (Wildman–Crippen LogP) is 3.93. The highest BCUT2D eigenvalue weighted by Crippen LogP contribution is 2.24. The van der Waals surface area contributed by atoms with Crippen molar-refractivity contribution in [2.45, 2.75) is 32.1 Å². The molecule has 0 radical (unpaired) electrons. The first-order chi connectivity index (χ1) is 11.1. The van der Waals surface area contributed by atoms with Crippen LogP contribution in [-0.2, 0) is 9.59 Å². The number of aliphatic carboxylic acids is 1. The van der Waals surface area contributed by atoms with Crippen molar-refractivity contribution in [2.75, 3.05) is 0 Å². The van der Waals surface area contributed by atoms with E-state index in [4.69, 9.17) is 11.6 Å². The van der Waals surface area contributed by atoms with Gasteiger partial charge in [-0.15, -0.1) is 0 Å². The number of nitrogens with one attached hydrogen (secondary N) is 1. The molecule has 1 fully saturated rings. The van der Waals surface area contributed by atoms with E-state index in [9.17, 15) is 14.7 Å². The topological polar surface area (TPSA) is 66.4 Å². The second-order valence-corrected chi connectivity index (χ2v) is 6.06. The van der Waals surface area contributed by atoms with Crippen LogP contribution < -0.4 is 5.32 Å². The maximum absolute atomic E-state index is 12.2. The fourth-order valence-electron chi connectivity index (χ4n) is 2.64. The van der Waals surface area contributed by atoms with Crippen LogP contribution in [0.3, 0.4) is 0 Å². The van der Waals surface area contributed by atoms with Gasteiger partial charge in [0.1, 0.15) is 5.70 Å². The molecule has 0 heterocycles. The highest BCUT2D eigenvalue weighted by atomic mass is 35.5. The summed E-state index contributed by atoms with van der Waals surface area (Å²) >= 11 is 6.09. The van der Waals surface area contributed by atoms with E-state index in [0.717, 1.165) is 37.7 Å². The second-order valence-electron chi connectivity index (χ2n) is 5.63. The van der Waals surface area contributed by atoms with Crippen molar-refractivity contribution in [3.63, 3.8) is 0 Å². The van der Waals surface area contributed by atoms with Crippen LogP contribution in [0.4, 0.5) is 0 Å². The molecule has 0 spiro atoms. The minimum absolute atomic E-state index is 0.108. The van der Waals surface area contributed by atoms with Crippen LogP contribution >= 0.6 is 11.6 Å². The lowest BCUT2D eigenvalue weighted by Gasteiger charge is -2.20. The van der Waals surface area contributed by atoms with Gasteiger partial charge in [-0.05, 0) is 30.6 Å².